The van der Waals surface area contributed by atoms with Gasteiger partial charge in [0.2, 0.25) is 0 Å². The SMILES string of the molecule is O=C(NCCC=Cc1ccc(F)cc1)OCc1ccccc1. The molecule has 0 fully saturated rings. The maximum Gasteiger partial charge on any atom is 0.407 e. The largest absolute Gasteiger partial charge is 0.445 e. The highest BCUT2D eigenvalue weighted by molar-refractivity contribution is 5.67. The van der Waals surface area contributed by atoms with Crippen LogP contribution in [0.4, 0.5) is 9.18 Å². The minimum atomic E-state index is -0.431. The van der Waals surface area contributed by atoms with Crippen molar-refractivity contribution >= 4 is 12.2 Å². The summed E-state index contributed by atoms with van der Waals surface area (Å²) in [5, 5.41) is 2.68. The molecule has 3 nitrogen and oxygen atoms in total. The summed E-state index contributed by atoms with van der Waals surface area (Å²) in [6.07, 6.45) is 4.05. The van der Waals surface area contributed by atoms with Crippen LogP contribution in [0.3, 0.4) is 0 Å². The predicted octanol–water partition coefficient (Wildman–Crippen LogP) is 4.16. The van der Waals surface area contributed by atoms with Gasteiger partial charge in [-0.25, -0.2) is 9.18 Å². The fraction of sp³-hybridized carbons (Fsp3) is 0.167. The van der Waals surface area contributed by atoms with Gasteiger partial charge in [-0.15, -0.1) is 0 Å². The fourth-order valence-electron chi connectivity index (χ4n) is 1.83. The van der Waals surface area contributed by atoms with Gasteiger partial charge in [0.15, 0.2) is 0 Å². The van der Waals surface area contributed by atoms with E-state index >= 15 is 0 Å². The Balaban J connectivity index is 1.61. The molecule has 0 spiro atoms. The Kier molecular flexibility index (Phi) is 6.18. The van der Waals surface area contributed by atoms with Crippen LogP contribution < -0.4 is 5.32 Å². The number of rotatable bonds is 6. The quantitative estimate of drug-likeness (QED) is 0.814. The predicted molar refractivity (Wildman–Crippen MR) is 84.7 cm³/mol. The van der Waals surface area contributed by atoms with E-state index in [0.29, 0.717) is 13.0 Å². The summed E-state index contributed by atoms with van der Waals surface area (Å²) < 4.78 is 17.8. The van der Waals surface area contributed by atoms with Gasteiger partial charge in [-0.3, -0.25) is 0 Å². The lowest BCUT2D eigenvalue weighted by molar-refractivity contribution is 0.140. The van der Waals surface area contributed by atoms with Gasteiger partial charge in [0.1, 0.15) is 12.4 Å². The first-order valence-corrected chi connectivity index (χ1v) is 7.11. The Morgan fingerprint density at radius 1 is 1.09 bits per heavy atom. The van der Waals surface area contributed by atoms with E-state index in [2.05, 4.69) is 5.32 Å². The molecule has 1 amide bonds. The van der Waals surface area contributed by atoms with E-state index in [1.165, 1.54) is 12.1 Å². The van der Waals surface area contributed by atoms with Gasteiger partial charge in [0, 0.05) is 6.54 Å². The van der Waals surface area contributed by atoms with Crippen LogP contribution in [0.25, 0.3) is 6.08 Å². The average molecular weight is 299 g/mol. The van der Waals surface area contributed by atoms with Crippen molar-refractivity contribution in [2.75, 3.05) is 6.54 Å². The number of nitrogens with one attached hydrogen (secondary N) is 1. The number of amides is 1. The molecule has 2 rings (SSSR count). The van der Waals surface area contributed by atoms with Crippen molar-refractivity contribution in [3.05, 3.63) is 77.6 Å². The second kappa shape index (κ2) is 8.62. The molecule has 0 aromatic heterocycles. The number of ether oxygens (including phenoxy) is 1. The van der Waals surface area contributed by atoms with Gasteiger partial charge in [0.25, 0.3) is 0 Å². The zero-order valence-corrected chi connectivity index (χ0v) is 12.2. The second-order valence-corrected chi connectivity index (χ2v) is 4.73. The van der Waals surface area contributed by atoms with Crippen LogP contribution in [0.1, 0.15) is 17.5 Å². The molecule has 2 aromatic carbocycles. The molecule has 0 radical (unpaired) electrons. The molecule has 114 valence electrons. The number of carbonyl (C=O) groups excluding carboxylic acids is 1. The van der Waals surface area contributed by atoms with Crippen molar-refractivity contribution in [2.24, 2.45) is 0 Å². The van der Waals surface area contributed by atoms with Gasteiger partial charge in [0.05, 0.1) is 0 Å². The zero-order valence-electron chi connectivity index (χ0n) is 12.2. The Labute approximate surface area is 129 Å². The molecule has 0 aliphatic heterocycles. The van der Waals surface area contributed by atoms with Crippen molar-refractivity contribution < 1.29 is 13.9 Å². The van der Waals surface area contributed by atoms with Crippen LogP contribution in [0, 0.1) is 5.82 Å². The van der Waals surface area contributed by atoms with Gasteiger partial charge >= 0.3 is 6.09 Å². The van der Waals surface area contributed by atoms with Crippen molar-refractivity contribution in [1.82, 2.24) is 5.32 Å². The third-order valence-corrected chi connectivity index (χ3v) is 2.97. The molecule has 0 saturated heterocycles. The molecule has 0 unspecified atom stereocenters. The number of hydrogen-bond donors (Lipinski definition) is 1. The van der Waals surface area contributed by atoms with Crippen molar-refractivity contribution in [1.29, 1.82) is 0 Å². The standard InChI is InChI=1S/C18H18FNO2/c19-17-11-9-15(10-12-17)6-4-5-13-20-18(21)22-14-16-7-2-1-3-8-16/h1-4,6-12H,5,13-14H2,(H,20,21). The van der Waals surface area contributed by atoms with Gasteiger partial charge in [-0.2, -0.15) is 0 Å². The van der Waals surface area contributed by atoms with Gasteiger partial charge in [-0.05, 0) is 29.7 Å². The van der Waals surface area contributed by atoms with Crippen molar-refractivity contribution in [3.8, 4) is 0 Å². The van der Waals surface area contributed by atoms with Gasteiger partial charge < -0.3 is 10.1 Å². The van der Waals surface area contributed by atoms with Crippen LogP contribution in [-0.2, 0) is 11.3 Å². The minimum absolute atomic E-state index is 0.250. The zero-order chi connectivity index (χ0) is 15.6. The van der Waals surface area contributed by atoms with E-state index in [1.807, 2.05) is 42.5 Å². The molecule has 0 atom stereocenters. The van der Waals surface area contributed by atoms with Crippen LogP contribution in [-0.4, -0.2) is 12.6 Å². The van der Waals surface area contributed by atoms with Crippen molar-refractivity contribution in [2.45, 2.75) is 13.0 Å². The third-order valence-electron chi connectivity index (χ3n) is 2.97. The van der Waals surface area contributed by atoms with Gasteiger partial charge in [-0.1, -0.05) is 54.6 Å². The number of alkyl carbamates (subject to hydrolysis) is 1. The maximum absolute atomic E-state index is 12.7. The molecular weight excluding hydrogens is 281 g/mol. The summed E-state index contributed by atoms with van der Waals surface area (Å²) >= 11 is 0. The molecule has 0 bridgehead atoms. The van der Waals surface area contributed by atoms with E-state index in [-0.39, 0.29) is 12.4 Å². The van der Waals surface area contributed by atoms with E-state index in [0.717, 1.165) is 11.1 Å². The normalized spacial score (nSPS) is 10.6. The fourth-order valence-corrected chi connectivity index (χ4v) is 1.83. The van der Waals surface area contributed by atoms with E-state index < -0.39 is 6.09 Å². The molecule has 0 heterocycles. The first kappa shape index (κ1) is 15.8. The first-order valence-electron chi connectivity index (χ1n) is 7.11. The first-order chi connectivity index (χ1) is 10.7. The highest BCUT2D eigenvalue weighted by atomic mass is 19.1. The number of halogens is 1. The Bertz CT molecular complexity index is 609. The van der Waals surface area contributed by atoms with E-state index in [1.54, 1.807) is 12.1 Å². The Morgan fingerprint density at radius 3 is 2.55 bits per heavy atom. The maximum atomic E-state index is 12.7. The molecule has 22 heavy (non-hydrogen) atoms. The summed E-state index contributed by atoms with van der Waals surface area (Å²) in [4.78, 5) is 11.5. The smallest absolute Gasteiger partial charge is 0.407 e. The summed E-state index contributed by atoms with van der Waals surface area (Å²) in [5.41, 5.74) is 1.88. The summed E-state index contributed by atoms with van der Waals surface area (Å²) in [5.74, 6) is -0.250. The monoisotopic (exact) mass is 299 g/mol. The van der Waals surface area contributed by atoms with Crippen LogP contribution in [0.5, 0.6) is 0 Å². The highest BCUT2D eigenvalue weighted by Gasteiger charge is 2.00. The van der Waals surface area contributed by atoms with Crippen LogP contribution >= 0.6 is 0 Å². The Hall–Kier alpha value is -2.62. The van der Waals surface area contributed by atoms with E-state index in [4.69, 9.17) is 4.74 Å². The minimum Gasteiger partial charge on any atom is -0.445 e. The molecule has 1 N–H and O–H groups in total. The molecule has 0 aliphatic carbocycles. The highest BCUT2D eigenvalue weighted by Crippen LogP contribution is 2.05. The molecule has 2 aromatic rings. The number of hydrogen-bond acceptors (Lipinski definition) is 2. The Morgan fingerprint density at radius 2 is 1.82 bits per heavy atom. The lowest BCUT2D eigenvalue weighted by Crippen LogP contribution is -2.24. The topological polar surface area (TPSA) is 38.3 Å². The molecule has 4 heteroatoms. The van der Waals surface area contributed by atoms with Crippen molar-refractivity contribution in [3.63, 3.8) is 0 Å². The molecular formula is C18H18FNO2. The number of carbonyl (C=O) groups is 1. The lowest BCUT2D eigenvalue weighted by Gasteiger charge is -2.05. The molecule has 0 saturated carbocycles. The second-order valence-electron chi connectivity index (χ2n) is 4.73. The van der Waals surface area contributed by atoms with Crippen LogP contribution in [0.2, 0.25) is 0 Å². The molecule has 0 aliphatic rings. The summed E-state index contributed by atoms with van der Waals surface area (Å²) in [6, 6.07) is 15.8. The number of benzene rings is 2. The third kappa shape index (κ3) is 5.79. The summed E-state index contributed by atoms with van der Waals surface area (Å²) in [6.45, 7) is 0.753. The summed E-state index contributed by atoms with van der Waals surface area (Å²) in [7, 11) is 0. The lowest BCUT2D eigenvalue weighted by atomic mass is 10.2. The average Bonchev–Trinajstić information content (AvgIpc) is 2.55. The van der Waals surface area contributed by atoms with E-state index in [9.17, 15) is 9.18 Å². The van der Waals surface area contributed by atoms with Crippen LogP contribution in [0.15, 0.2) is 60.7 Å².